The third-order valence-electron chi connectivity index (χ3n) is 3.31. The first-order valence-corrected chi connectivity index (χ1v) is 7.40. The van der Waals surface area contributed by atoms with Gasteiger partial charge in [0, 0.05) is 12.0 Å². The van der Waals surface area contributed by atoms with E-state index in [1.807, 2.05) is 24.3 Å². The molecule has 0 saturated carbocycles. The van der Waals surface area contributed by atoms with Crippen molar-refractivity contribution in [3.05, 3.63) is 29.8 Å². The number of hydrogen-bond acceptors (Lipinski definition) is 4. The summed E-state index contributed by atoms with van der Waals surface area (Å²) in [6.07, 6.45) is 4.34. The summed E-state index contributed by atoms with van der Waals surface area (Å²) in [6.45, 7) is 1.22. The zero-order valence-corrected chi connectivity index (χ0v) is 12.1. The molecule has 0 bridgehead atoms. The summed E-state index contributed by atoms with van der Waals surface area (Å²) in [5.41, 5.74) is 1.93. The highest BCUT2D eigenvalue weighted by molar-refractivity contribution is 6.02. The van der Waals surface area contributed by atoms with Gasteiger partial charge in [0.15, 0.2) is 0 Å². The fraction of sp³-hybridized carbons (Fsp3) is 0.500. The molecule has 5 nitrogen and oxygen atoms in total. The van der Waals surface area contributed by atoms with Gasteiger partial charge in [-0.2, -0.15) is 0 Å². The number of unbranched alkanes of at least 4 members (excludes halogenated alkanes) is 2. The Bertz CT molecular complexity index is 499. The van der Waals surface area contributed by atoms with Crippen molar-refractivity contribution in [1.29, 1.82) is 0 Å². The highest BCUT2D eigenvalue weighted by Gasteiger charge is 2.14. The van der Waals surface area contributed by atoms with Gasteiger partial charge in [0.1, 0.15) is 12.4 Å². The third-order valence-corrected chi connectivity index (χ3v) is 3.31. The van der Waals surface area contributed by atoms with Crippen LogP contribution in [0.4, 0.5) is 0 Å². The first-order valence-electron chi connectivity index (χ1n) is 7.40. The van der Waals surface area contributed by atoms with Gasteiger partial charge in [0.05, 0.1) is 12.3 Å². The van der Waals surface area contributed by atoms with Crippen LogP contribution < -0.4 is 4.74 Å². The Morgan fingerprint density at radius 2 is 2.14 bits per heavy atom. The molecule has 1 N–H and O–H groups in total. The van der Waals surface area contributed by atoms with E-state index >= 15 is 0 Å². The summed E-state index contributed by atoms with van der Waals surface area (Å²) in [6, 6.07) is 7.86. The Morgan fingerprint density at radius 3 is 3.00 bits per heavy atom. The SMILES string of the molecule is O=C(O)CCCCCON=C1CCCOc2ccccc21. The van der Waals surface area contributed by atoms with Crippen LogP contribution in [-0.4, -0.2) is 30.0 Å². The largest absolute Gasteiger partial charge is 0.493 e. The van der Waals surface area contributed by atoms with Crippen LogP contribution in [0.25, 0.3) is 0 Å². The number of nitrogens with zero attached hydrogens (tertiary/aromatic N) is 1. The van der Waals surface area contributed by atoms with Gasteiger partial charge in [0.2, 0.25) is 0 Å². The summed E-state index contributed by atoms with van der Waals surface area (Å²) in [5, 5.41) is 12.8. The molecule has 2 rings (SSSR count). The van der Waals surface area contributed by atoms with Crippen molar-refractivity contribution >= 4 is 11.7 Å². The van der Waals surface area contributed by atoms with Gasteiger partial charge in [-0.3, -0.25) is 4.79 Å². The molecule has 1 aliphatic rings. The van der Waals surface area contributed by atoms with Crippen molar-refractivity contribution in [2.45, 2.75) is 38.5 Å². The molecule has 1 aromatic rings. The second-order valence-corrected chi connectivity index (χ2v) is 5.02. The van der Waals surface area contributed by atoms with Crippen LogP contribution in [0.1, 0.15) is 44.1 Å². The van der Waals surface area contributed by atoms with Gasteiger partial charge < -0.3 is 14.7 Å². The molecule has 0 aromatic heterocycles. The molecule has 114 valence electrons. The van der Waals surface area contributed by atoms with Gasteiger partial charge in [-0.25, -0.2) is 0 Å². The number of aliphatic carboxylic acids is 1. The molecule has 0 radical (unpaired) electrons. The lowest BCUT2D eigenvalue weighted by molar-refractivity contribution is -0.137. The van der Waals surface area contributed by atoms with Gasteiger partial charge in [-0.05, 0) is 44.2 Å². The van der Waals surface area contributed by atoms with Gasteiger partial charge >= 0.3 is 5.97 Å². The Morgan fingerprint density at radius 1 is 1.29 bits per heavy atom. The normalized spacial score (nSPS) is 15.9. The van der Waals surface area contributed by atoms with Crippen LogP contribution in [0.2, 0.25) is 0 Å². The number of carboxylic acid groups (broad SMARTS) is 1. The van der Waals surface area contributed by atoms with Crippen molar-refractivity contribution in [2.24, 2.45) is 5.16 Å². The first kappa shape index (κ1) is 15.4. The van der Waals surface area contributed by atoms with Crippen LogP contribution in [-0.2, 0) is 9.63 Å². The predicted octanol–water partition coefficient (Wildman–Crippen LogP) is 3.22. The fourth-order valence-electron chi connectivity index (χ4n) is 2.23. The molecule has 0 atom stereocenters. The summed E-state index contributed by atoms with van der Waals surface area (Å²) in [4.78, 5) is 15.8. The van der Waals surface area contributed by atoms with Crippen LogP contribution in [0.5, 0.6) is 5.75 Å². The van der Waals surface area contributed by atoms with Crippen molar-refractivity contribution in [1.82, 2.24) is 0 Å². The van der Waals surface area contributed by atoms with E-state index in [1.54, 1.807) is 0 Å². The predicted molar refractivity (Wildman–Crippen MR) is 79.8 cm³/mol. The van der Waals surface area contributed by atoms with Crippen LogP contribution in [0.3, 0.4) is 0 Å². The molecule has 0 unspecified atom stereocenters. The molecule has 1 aromatic carbocycles. The maximum absolute atomic E-state index is 10.4. The number of ether oxygens (including phenoxy) is 1. The lowest BCUT2D eigenvalue weighted by atomic mass is 10.1. The summed E-state index contributed by atoms with van der Waals surface area (Å²) in [5.74, 6) is 0.116. The highest BCUT2D eigenvalue weighted by atomic mass is 16.6. The van der Waals surface area contributed by atoms with Crippen molar-refractivity contribution in [3.8, 4) is 5.75 Å². The Hall–Kier alpha value is -2.04. The number of carboxylic acids is 1. The van der Waals surface area contributed by atoms with Crippen LogP contribution in [0.15, 0.2) is 29.4 Å². The van der Waals surface area contributed by atoms with Crippen molar-refractivity contribution in [2.75, 3.05) is 13.2 Å². The van der Waals surface area contributed by atoms with Gasteiger partial charge in [-0.1, -0.05) is 17.3 Å². The number of para-hydroxylation sites is 1. The van der Waals surface area contributed by atoms with E-state index in [4.69, 9.17) is 14.7 Å². The van der Waals surface area contributed by atoms with E-state index in [9.17, 15) is 4.79 Å². The maximum Gasteiger partial charge on any atom is 0.303 e. The topological polar surface area (TPSA) is 68.1 Å². The molecule has 0 saturated heterocycles. The molecule has 21 heavy (non-hydrogen) atoms. The molecule has 0 fully saturated rings. The number of hydrogen-bond donors (Lipinski definition) is 1. The summed E-state index contributed by atoms with van der Waals surface area (Å²) < 4.78 is 5.67. The molecule has 0 amide bonds. The second kappa shape index (κ2) is 8.29. The third kappa shape index (κ3) is 5.10. The number of fused-ring (bicyclic) bond motifs is 1. The zero-order valence-electron chi connectivity index (χ0n) is 12.1. The molecular formula is C16H21NO4. The fourth-order valence-corrected chi connectivity index (χ4v) is 2.23. The van der Waals surface area contributed by atoms with Crippen molar-refractivity contribution in [3.63, 3.8) is 0 Å². The van der Waals surface area contributed by atoms with E-state index in [0.29, 0.717) is 19.6 Å². The van der Waals surface area contributed by atoms with E-state index in [1.165, 1.54) is 0 Å². The quantitative estimate of drug-likeness (QED) is 0.618. The smallest absolute Gasteiger partial charge is 0.303 e. The summed E-state index contributed by atoms with van der Waals surface area (Å²) >= 11 is 0. The Kier molecular flexibility index (Phi) is 6.06. The average molecular weight is 291 g/mol. The number of rotatable bonds is 7. The number of carbonyl (C=O) groups is 1. The molecular weight excluding hydrogens is 270 g/mol. The average Bonchev–Trinajstić information content (AvgIpc) is 2.68. The van der Waals surface area contributed by atoms with E-state index in [0.717, 1.165) is 42.7 Å². The van der Waals surface area contributed by atoms with Gasteiger partial charge in [0.25, 0.3) is 0 Å². The molecule has 0 aliphatic carbocycles. The zero-order chi connectivity index (χ0) is 14.9. The number of oxime groups is 1. The minimum Gasteiger partial charge on any atom is -0.493 e. The van der Waals surface area contributed by atoms with Gasteiger partial charge in [-0.15, -0.1) is 0 Å². The minimum absolute atomic E-state index is 0.221. The molecule has 1 aliphatic heterocycles. The summed E-state index contributed by atoms with van der Waals surface area (Å²) in [7, 11) is 0. The Labute approximate surface area is 124 Å². The van der Waals surface area contributed by atoms with Crippen molar-refractivity contribution < 1.29 is 19.5 Å². The first-order chi connectivity index (χ1) is 10.3. The maximum atomic E-state index is 10.4. The van der Waals surface area contributed by atoms with E-state index < -0.39 is 5.97 Å². The molecule has 1 heterocycles. The molecule has 5 heteroatoms. The lowest BCUT2D eigenvalue weighted by Crippen LogP contribution is -2.02. The van der Waals surface area contributed by atoms with E-state index in [2.05, 4.69) is 5.16 Å². The second-order valence-electron chi connectivity index (χ2n) is 5.02. The van der Waals surface area contributed by atoms with Crippen LogP contribution in [0, 0.1) is 0 Å². The standard InChI is InChI=1S/C16H21NO4/c18-16(19)10-2-1-5-12-21-17-14-8-6-11-20-15-9-4-3-7-13(14)15/h3-4,7,9H,1-2,5-6,8,10-12H2,(H,18,19). The monoisotopic (exact) mass is 291 g/mol. The lowest BCUT2D eigenvalue weighted by Gasteiger charge is -2.07. The highest BCUT2D eigenvalue weighted by Crippen LogP contribution is 2.24. The number of benzene rings is 1. The molecule has 0 spiro atoms. The van der Waals surface area contributed by atoms with Crippen LogP contribution >= 0.6 is 0 Å². The van der Waals surface area contributed by atoms with E-state index in [-0.39, 0.29) is 6.42 Å². The Balaban J connectivity index is 1.80. The minimum atomic E-state index is -0.744.